The van der Waals surface area contributed by atoms with Gasteiger partial charge in [-0.2, -0.15) is 0 Å². The molecule has 1 aromatic carbocycles. The number of hydrogen-bond donors (Lipinski definition) is 2. The van der Waals surface area contributed by atoms with Crippen LogP contribution < -0.4 is 10.6 Å². The quantitative estimate of drug-likeness (QED) is 0.775. The first-order valence-electron chi connectivity index (χ1n) is 7.02. The van der Waals surface area contributed by atoms with Gasteiger partial charge in [-0.25, -0.2) is 9.18 Å². The van der Waals surface area contributed by atoms with Crippen molar-refractivity contribution in [1.29, 1.82) is 0 Å². The normalized spacial score (nSPS) is 11.5. The summed E-state index contributed by atoms with van der Waals surface area (Å²) in [6.07, 6.45) is 0.303. The molecule has 8 heteroatoms. The van der Waals surface area contributed by atoms with E-state index in [4.69, 9.17) is 16.3 Å². The molecule has 0 unspecified atom stereocenters. The van der Waals surface area contributed by atoms with Gasteiger partial charge in [-0.1, -0.05) is 24.6 Å². The number of carbonyl (C=O) groups excluding carboxylic acids is 3. The third kappa shape index (κ3) is 6.65. The Morgan fingerprint density at radius 3 is 2.65 bits per heavy atom. The first-order chi connectivity index (χ1) is 10.8. The molecule has 23 heavy (non-hydrogen) atoms. The highest BCUT2D eigenvalue weighted by Crippen LogP contribution is 2.19. The Morgan fingerprint density at radius 1 is 1.35 bits per heavy atom. The molecule has 1 aromatic rings. The van der Waals surface area contributed by atoms with Gasteiger partial charge in [0, 0.05) is 16.6 Å². The van der Waals surface area contributed by atoms with Crippen LogP contribution in [0.1, 0.15) is 25.8 Å². The Balaban J connectivity index is 2.41. The van der Waals surface area contributed by atoms with E-state index >= 15 is 0 Å². The molecule has 126 valence electrons. The highest BCUT2D eigenvalue weighted by molar-refractivity contribution is 6.31. The minimum atomic E-state index is -0.825. The third-order valence-corrected chi connectivity index (χ3v) is 3.34. The van der Waals surface area contributed by atoms with Crippen LogP contribution in [0.25, 0.3) is 0 Å². The minimum Gasteiger partial charge on any atom is -0.455 e. The number of nitrogens with one attached hydrogen (secondary N) is 2. The van der Waals surface area contributed by atoms with Crippen LogP contribution in [0.4, 0.5) is 9.18 Å². The lowest BCUT2D eigenvalue weighted by Gasteiger charge is -2.12. The summed E-state index contributed by atoms with van der Waals surface area (Å²) in [5.74, 6) is -2.24. The Morgan fingerprint density at radius 2 is 2.04 bits per heavy atom. The molecule has 0 saturated carbocycles. The molecule has 0 aliphatic rings. The fourth-order valence-electron chi connectivity index (χ4n) is 1.57. The SMILES string of the molecule is CC[C@H](C)NC(=O)NC(=O)COC(=O)Cc1c(F)cccc1Cl. The van der Waals surface area contributed by atoms with Crippen molar-refractivity contribution in [2.45, 2.75) is 32.7 Å². The number of imide groups is 1. The van der Waals surface area contributed by atoms with Crippen molar-refractivity contribution in [2.24, 2.45) is 0 Å². The van der Waals surface area contributed by atoms with E-state index in [0.29, 0.717) is 6.42 Å². The Bertz CT molecular complexity index is 575. The van der Waals surface area contributed by atoms with Gasteiger partial charge in [0.2, 0.25) is 0 Å². The molecule has 0 spiro atoms. The van der Waals surface area contributed by atoms with Crippen LogP contribution in [0.5, 0.6) is 0 Å². The molecule has 0 aliphatic carbocycles. The van der Waals surface area contributed by atoms with E-state index in [9.17, 15) is 18.8 Å². The van der Waals surface area contributed by atoms with E-state index in [1.165, 1.54) is 18.2 Å². The number of ether oxygens (including phenoxy) is 1. The number of amides is 3. The van der Waals surface area contributed by atoms with E-state index < -0.39 is 36.8 Å². The topological polar surface area (TPSA) is 84.5 Å². The van der Waals surface area contributed by atoms with Crippen LogP contribution in [-0.4, -0.2) is 30.6 Å². The molecule has 6 nitrogen and oxygen atoms in total. The Kier molecular flexibility index (Phi) is 7.47. The molecule has 1 rings (SSSR count). The second-order valence-electron chi connectivity index (χ2n) is 4.87. The van der Waals surface area contributed by atoms with Crippen LogP contribution in [0.2, 0.25) is 5.02 Å². The summed E-state index contributed by atoms with van der Waals surface area (Å²) in [6.45, 7) is 3.02. The molecule has 0 bridgehead atoms. The van der Waals surface area contributed by atoms with Crippen LogP contribution in [0.3, 0.4) is 0 Å². The van der Waals surface area contributed by atoms with Crippen molar-refractivity contribution in [3.63, 3.8) is 0 Å². The van der Waals surface area contributed by atoms with Gasteiger partial charge in [0.1, 0.15) is 5.82 Å². The summed E-state index contributed by atoms with van der Waals surface area (Å²) in [5.41, 5.74) is -0.00547. The largest absolute Gasteiger partial charge is 0.455 e. The van der Waals surface area contributed by atoms with Gasteiger partial charge in [-0.3, -0.25) is 14.9 Å². The number of rotatable bonds is 6. The van der Waals surface area contributed by atoms with Crippen molar-refractivity contribution < 1.29 is 23.5 Å². The lowest BCUT2D eigenvalue weighted by Crippen LogP contribution is -2.44. The number of esters is 1. The second kappa shape index (κ2) is 9.09. The van der Waals surface area contributed by atoms with Crippen molar-refractivity contribution in [3.8, 4) is 0 Å². The van der Waals surface area contributed by atoms with Crippen LogP contribution in [0, 0.1) is 5.82 Å². The summed E-state index contributed by atoms with van der Waals surface area (Å²) < 4.78 is 18.2. The average molecular weight is 345 g/mol. The molecular formula is C15H18ClFN2O4. The first kappa shape index (κ1) is 18.9. The second-order valence-corrected chi connectivity index (χ2v) is 5.28. The molecule has 1 atom stereocenters. The highest BCUT2D eigenvalue weighted by Gasteiger charge is 2.15. The highest BCUT2D eigenvalue weighted by atomic mass is 35.5. The zero-order valence-electron chi connectivity index (χ0n) is 12.8. The third-order valence-electron chi connectivity index (χ3n) is 2.99. The number of halogens is 2. The number of benzene rings is 1. The van der Waals surface area contributed by atoms with Crippen LogP contribution in [-0.2, 0) is 20.7 Å². The maximum atomic E-state index is 13.5. The fourth-order valence-corrected chi connectivity index (χ4v) is 1.80. The van der Waals surface area contributed by atoms with Crippen molar-refractivity contribution in [1.82, 2.24) is 10.6 Å². The zero-order chi connectivity index (χ0) is 17.4. The van der Waals surface area contributed by atoms with E-state index in [1.54, 1.807) is 6.92 Å². The van der Waals surface area contributed by atoms with Crippen LogP contribution in [0.15, 0.2) is 18.2 Å². The molecule has 0 fully saturated rings. The maximum Gasteiger partial charge on any atom is 0.321 e. The predicted molar refractivity (Wildman–Crippen MR) is 82.5 cm³/mol. The lowest BCUT2D eigenvalue weighted by molar-refractivity contribution is -0.147. The summed E-state index contributed by atoms with van der Waals surface area (Å²) in [7, 11) is 0. The Hall–Kier alpha value is -2.15. The molecule has 3 amide bonds. The maximum absolute atomic E-state index is 13.5. The molecule has 0 saturated heterocycles. The summed E-state index contributed by atoms with van der Waals surface area (Å²) in [6, 6.07) is 3.27. The van der Waals surface area contributed by atoms with Crippen molar-refractivity contribution in [3.05, 3.63) is 34.6 Å². The smallest absolute Gasteiger partial charge is 0.321 e. The van der Waals surface area contributed by atoms with Gasteiger partial charge in [-0.15, -0.1) is 0 Å². The summed E-state index contributed by atoms with van der Waals surface area (Å²) >= 11 is 5.79. The number of hydrogen-bond acceptors (Lipinski definition) is 4. The lowest BCUT2D eigenvalue weighted by atomic mass is 10.1. The molecule has 0 aromatic heterocycles. The van der Waals surface area contributed by atoms with Crippen molar-refractivity contribution >= 4 is 29.5 Å². The van der Waals surface area contributed by atoms with Gasteiger partial charge < -0.3 is 10.1 Å². The number of urea groups is 1. The minimum absolute atomic E-state index is 0.00547. The summed E-state index contributed by atoms with van der Waals surface area (Å²) in [4.78, 5) is 34.5. The zero-order valence-corrected chi connectivity index (χ0v) is 13.6. The molecular weight excluding hydrogens is 327 g/mol. The van der Waals surface area contributed by atoms with Crippen molar-refractivity contribution in [2.75, 3.05) is 6.61 Å². The van der Waals surface area contributed by atoms with Gasteiger partial charge in [0.15, 0.2) is 6.61 Å². The predicted octanol–water partition coefficient (Wildman–Crippen LogP) is 2.19. The van der Waals surface area contributed by atoms with Gasteiger partial charge >= 0.3 is 12.0 Å². The fraction of sp³-hybridized carbons (Fsp3) is 0.400. The van der Waals surface area contributed by atoms with E-state index in [1.807, 2.05) is 12.2 Å². The molecule has 2 N–H and O–H groups in total. The standard InChI is InChI=1S/C15H18ClFN2O4/c1-3-9(2)18-15(22)19-13(20)8-23-14(21)7-10-11(16)5-4-6-12(10)17/h4-6,9H,3,7-8H2,1-2H3,(H2,18,19,20,22)/t9-/m0/s1. The molecule has 0 radical (unpaired) electrons. The monoisotopic (exact) mass is 344 g/mol. The summed E-state index contributed by atoms with van der Waals surface area (Å²) in [5, 5.41) is 4.64. The number of carbonyl (C=O) groups is 3. The molecule has 0 aliphatic heterocycles. The van der Waals surface area contributed by atoms with Crippen LogP contribution >= 0.6 is 11.6 Å². The van der Waals surface area contributed by atoms with E-state index in [0.717, 1.165) is 0 Å². The van der Waals surface area contributed by atoms with E-state index in [2.05, 4.69) is 5.32 Å². The molecule has 0 heterocycles. The van der Waals surface area contributed by atoms with Gasteiger partial charge in [0.05, 0.1) is 6.42 Å². The first-order valence-corrected chi connectivity index (χ1v) is 7.40. The average Bonchev–Trinajstić information content (AvgIpc) is 2.48. The van der Waals surface area contributed by atoms with Gasteiger partial charge in [0.25, 0.3) is 5.91 Å². The van der Waals surface area contributed by atoms with Gasteiger partial charge in [-0.05, 0) is 25.5 Å². The van der Waals surface area contributed by atoms with E-state index in [-0.39, 0.29) is 16.6 Å². The Labute approximate surface area is 138 Å².